The van der Waals surface area contributed by atoms with E-state index in [-0.39, 0.29) is 18.8 Å². The van der Waals surface area contributed by atoms with Gasteiger partial charge in [-0.15, -0.1) is 0 Å². The van der Waals surface area contributed by atoms with Crippen molar-refractivity contribution in [2.24, 2.45) is 0 Å². The summed E-state index contributed by atoms with van der Waals surface area (Å²) < 4.78 is 6.22. The number of hydrogen-bond donors (Lipinski definition) is 0. The molecule has 6 aromatic rings. The standard InChI is InChI=1S/C13H10ClN3O.C13H11N3O.CH4/c1-9-7-12-15-8-11(14)17(12)13(18)16(9)10-5-3-2-4-6-10;1-10-9-12-14-7-8-15(12)13(17)16(10)11-5-3-2-4-6-11;/h2-8H,1H3;2-9H,1H3;1H4. The summed E-state index contributed by atoms with van der Waals surface area (Å²) in [5, 5.41) is 0.319. The van der Waals surface area contributed by atoms with Crippen LogP contribution in [0, 0.1) is 13.8 Å². The zero-order valence-electron chi connectivity index (χ0n) is 19.0. The maximum Gasteiger partial charge on any atom is 0.339 e. The Morgan fingerprint density at radius 1 is 0.722 bits per heavy atom. The molecule has 6 rings (SSSR count). The molecule has 182 valence electrons. The van der Waals surface area contributed by atoms with E-state index in [1.54, 1.807) is 25.9 Å². The van der Waals surface area contributed by atoms with Crippen LogP contribution in [0.2, 0.25) is 5.15 Å². The minimum atomic E-state index is -0.210. The third kappa shape index (κ3) is 4.34. The van der Waals surface area contributed by atoms with E-state index in [4.69, 9.17) is 11.6 Å². The Balaban J connectivity index is 0.000000165. The van der Waals surface area contributed by atoms with Gasteiger partial charge in [-0.05, 0) is 38.1 Å². The van der Waals surface area contributed by atoms with E-state index in [9.17, 15) is 9.59 Å². The molecule has 0 saturated carbocycles. The summed E-state index contributed by atoms with van der Waals surface area (Å²) in [6.45, 7) is 3.78. The van der Waals surface area contributed by atoms with E-state index >= 15 is 0 Å². The molecule has 4 heterocycles. The predicted molar refractivity (Wildman–Crippen MR) is 143 cm³/mol. The summed E-state index contributed by atoms with van der Waals surface area (Å²) in [4.78, 5) is 32.9. The van der Waals surface area contributed by atoms with Gasteiger partial charge >= 0.3 is 11.4 Å². The molecule has 0 N–H and O–H groups in total. The molecule has 0 fully saturated rings. The van der Waals surface area contributed by atoms with Crippen molar-refractivity contribution in [2.75, 3.05) is 0 Å². The predicted octanol–water partition coefficient (Wildman–Crippen LogP) is 4.88. The van der Waals surface area contributed by atoms with Crippen LogP contribution in [0.15, 0.2) is 101 Å². The summed E-state index contributed by atoms with van der Waals surface area (Å²) in [6.07, 6.45) is 4.79. The minimum absolute atomic E-state index is 0. The number of aryl methyl sites for hydroxylation is 2. The molecule has 2 aromatic carbocycles. The van der Waals surface area contributed by atoms with E-state index in [0.717, 1.165) is 22.8 Å². The Labute approximate surface area is 212 Å². The highest BCUT2D eigenvalue weighted by atomic mass is 35.5. The van der Waals surface area contributed by atoms with Crippen molar-refractivity contribution in [3.05, 3.63) is 129 Å². The molecule has 0 radical (unpaired) electrons. The lowest BCUT2D eigenvalue weighted by Crippen LogP contribution is -2.26. The number of aromatic nitrogens is 6. The van der Waals surface area contributed by atoms with Crippen molar-refractivity contribution < 1.29 is 0 Å². The Bertz CT molecular complexity index is 1770. The second-order valence-corrected chi connectivity index (χ2v) is 8.30. The molecule has 0 aliphatic heterocycles. The summed E-state index contributed by atoms with van der Waals surface area (Å²) in [6, 6.07) is 22.8. The van der Waals surface area contributed by atoms with Crippen LogP contribution in [-0.4, -0.2) is 27.9 Å². The van der Waals surface area contributed by atoms with Gasteiger partial charge in [-0.3, -0.25) is 13.5 Å². The lowest BCUT2D eigenvalue weighted by Gasteiger charge is -2.10. The monoisotopic (exact) mass is 500 g/mol. The second-order valence-electron chi connectivity index (χ2n) is 7.91. The van der Waals surface area contributed by atoms with Crippen molar-refractivity contribution in [1.82, 2.24) is 27.9 Å². The van der Waals surface area contributed by atoms with Crippen molar-refractivity contribution in [2.45, 2.75) is 21.3 Å². The third-order valence-electron chi connectivity index (χ3n) is 5.61. The first-order valence-electron chi connectivity index (χ1n) is 10.9. The molecule has 0 aliphatic carbocycles. The molecule has 36 heavy (non-hydrogen) atoms. The normalized spacial score (nSPS) is 10.6. The smallest absolute Gasteiger partial charge is 0.266 e. The molecule has 0 spiro atoms. The number of benzene rings is 2. The van der Waals surface area contributed by atoms with Crippen LogP contribution in [-0.2, 0) is 0 Å². The maximum atomic E-state index is 12.4. The Kier molecular flexibility index (Phi) is 6.89. The maximum absolute atomic E-state index is 12.4. The van der Waals surface area contributed by atoms with Crippen LogP contribution in [0.25, 0.3) is 22.7 Å². The van der Waals surface area contributed by atoms with E-state index < -0.39 is 0 Å². The summed E-state index contributed by atoms with van der Waals surface area (Å²) in [7, 11) is 0. The van der Waals surface area contributed by atoms with Gasteiger partial charge in [-0.1, -0.05) is 55.4 Å². The number of rotatable bonds is 2. The zero-order valence-corrected chi connectivity index (χ0v) is 19.8. The van der Waals surface area contributed by atoms with Crippen molar-refractivity contribution in [3.63, 3.8) is 0 Å². The van der Waals surface area contributed by atoms with Gasteiger partial charge in [0.2, 0.25) is 0 Å². The average molecular weight is 501 g/mol. The molecular weight excluding hydrogens is 476 g/mol. The largest absolute Gasteiger partial charge is 0.339 e. The quantitative estimate of drug-likeness (QED) is 0.339. The van der Waals surface area contributed by atoms with Crippen LogP contribution in [0.4, 0.5) is 0 Å². The highest BCUT2D eigenvalue weighted by molar-refractivity contribution is 6.29. The first-order chi connectivity index (χ1) is 17.0. The van der Waals surface area contributed by atoms with Crippen LogP contribution in [0.3, 0.4) is 0 Å². The Morgan fingerprint density at radius 2 is 1.25 bits per heavy atom. The van der Waals surface area contributed by atoms with Gasteiger partial charge < -0.3 is 0 Å². The molecule has 0 atom stereocenters. The summed E-state index contributed by atoms with van der Waals surface area (Å²) in [5.74, 6) is 0. The van der Waals surface area contributed by atoms with Crippen LogP contribution in [0.5, 0.6) is 0 Å². The first kappa shape index (κ1) is 24.7. The fourth-order valence-corrected chi connectivity index (χ4v) is 4.22. The van der Waals surface area contributed by atoms with Crippen molar-refractivity contribution >= 4 is 22.9 Å². The van der Waals surface area contributed by atoms with Gasteiger partial charge in [0.15, 0.2) is 0 Å². The fraction of sp³-hybridized carbons (Fsp3) is 0.111. The lowest BCUT2D eigenvalue weighted by atomic mass is 10.3. The molecule has 9 heteroatoms. The van der Waals surface area contributed by atoms with Gasteiger partial charge in [-0.25, -0.2) is 24.0 Å². The zero-order chi connectivity index (χ0) is 24.5. The number of fused-ring (bicyclic) bond motifs is 2. The number of imidazole rings is 2. The Hall–Kier alpha value is -4.43. The number of hydrogen-bond acceptors (Lipinski definition) is 4. The summed E-state index contributed by atoms with van der Waals surface area (Å²) >= 11 is 5.98. The minimum Gasteiger partial charge on any atom is -0.266 e. The molecule has 0 amide bonds. The number of nitrogens with zero attached hydrogens (tertiary/aromatic N) is 6. The topological polar surface area (TPSA) is 78.6 Å². The molecule has 0 unspecified atom stereocenters. The van der Waals surface area contributed by atoms with Crippen LogP contribution < -0.4 is 11.4 Å². The lowest BCUT2D eigenvalue weighted by molar-refractivity contribution is 0.845. The summed E-state index contributed by atoms with van der Waals surface area (Å²) in [5.41, 5.74) is 4.31. The molecular formula is C27H25ClN6O2. The SMILES string of the molecule is C.Cc1cc2ncc(Cl)n2c(=O)n1-c1ccccc1.Cc1cc2nccn2c(=O)n1-c1ccccc1. The Morgan fingerprint density at radius 3 is 1.83 bits per heavy atom. The van der Waals surface area contributed by atoms with E-state index in [0.29, 0.717) is 16.4 Å². The van der Waals surface area contributed by atoms with Crippen LogP contribution >= 0.6 is 11.6 Å². The van der Waals surface area contributed by atoms with Gasteiger partial charge in [-0.2, -0.15) is 0 Å². The molecule has 0 bridgehead atoms. The van der Waals surface area contributed by atoms with Gasteiger partial charge in [0.1, 0.15) is 16.4 Å². The average Bonchev–Trinajstić information content (AvgIpc) is 3.47. The number of para-hydroxylation sites is 2. The molecule has 4 aromatic heterocycles. The molecule has 0 aliphatic rings. The van der Waals surface area contributed by atoms with Crippen molar-refractivity contribution in [3.8, 4) is 11.4 Å². The fourth-order valence-electron chi connectivity index (χ4n) is 4.01. The highest BCUT2D eigenvalue weighted by Gasteiger charge is 2.11. The van der Waals surface area contributed by atoms with Gasteiger partial charge in [0, 0.05) is 35.9 Å². The van der Waals surface area contributed by atoms with E-state index in [2.05, 4.69) is 9.97 Å². The number of halogens is 1. The first-order valence-corrected chi connectivity index (χ1v) is 11.3. The van der Waals surface area contributed by atoms with Gasteiger partial charge in [0.25, 0.3) is 0 Å². The van der Waals surface area contributed by atoms with Crippen LogP contribution in [0.1, 0.15) is 18.8 Å². The molecule has 8 nitrogen and oxygen atoms in total. The van der Waals surface area contributed by atoms with E-state index in [1.807, 2.05) is 86.6 Å². The van der Waals surface area contributed by atoms with E-state index in [1.165, 1.54) is 10.6 Å². The molecule has 0 saturated heterocycles. The third-order valence-corrected chi connectivity index (χ3v) is 5.87. The van der Waals surface area contributed by atoms with Gasteiger partial charge in [0.05, 0.1) is 17.6 Å². The van der Waals surface area contributed by atoms with Crippen molar-refractivity contribution in [1.29, 1.82) is 0 Å². The second kappa shape index (κ2) is 10.1. The highest BCUT2D eigenvalue weighted by Crippen LogP contribution is 2.14.